The van der Waals surface area contributed by atoms with Crippen LogP contribution in [0, 0.1) is 0 Å². The fourth-order valence-electron chi connectivity index (χ4n) is 1.05. The summed E-state index contributed by atoms with van der Waals surface area (Å²) < 4.78 is 21.4. The molecule has 0 heterocycles. The third-order valence-corrected chi connectivity index (χ3v) is 2.42. The van der Waals surface area contributed by atoms with Gasteiger partial charge in [0.2, 0.25) is 0 Å². The van der Waals surface area contributed by atoms with Crippen molar-refractivity contribution in [3.63, 3.8) is 0 Å². The Kier molecular flexibility index (Phi) is 5.84. The molecule has 0 fully saturated rings. The summed E-state index contributed by atoms with van der Waals surface area (Å²) in [7, 11) is 0. The van der Waals surface area contributed by atoms with Crippen LogP contribution in [0.4, 0.5) is 0 Å². The molecule has 0 bridgehead atoms. The average molecular weight is 252 g/mol. The summed E-state index contributed by atoms with van der Waals surface area (Å²) in [4.78, 5) is 20.6. The van der Waals surface area contributed by atoms with E-state index in [0.717, 1.165) is 12.1 Å². The molecule has 0 amide bonds. The first-order chi connectivity index (χ1) is 6.95. The monoisotopic (exact) mass is 252 g/mol. The fraction of sp³-hybridized carbons (Fsp3) is 0. The molecular weight excluding hydrogens is 247 g/mol. The first kappa shape index (κ1) is 15.3. The molecule has 1 unspecified atom stereocenters. The Morgan fingerprint density at radius 3 is 1.75 bits per heavy atom. The summed E-state index contributed by atoms with van der Waals surface area (Å²) >= 11 is -2.90. The number of carbonyl (C=O) groups is 2. The molecule has 8 heteroatoms. The molecule has 16 heavy (non-hydrogen) atoms. The Bertz CT molecular complexity index is 426. The van der Waals surface area contributed by atoms with Gasteiger partial charge >= 0.3 is 41.5 Å². The number of aromatic carboxylic acids is 2. The van der Waals surface area contributed by atoms with E-state index in [1.54, 1.807) is 0 Å². The summed E-state index contributed by atoms with van der Waals surface area (Å²) in [5, 5.41) is 17.3. The predicted molar refractivity (Wildman–Crippen MR) is 47.5 cm³/mol. The van der Waals surface area contributed by atoms with Gasteiger partial charge in [0.05, 0.1) is 16.0 Å². The zero-order valence-corrected chi connectivity index (χ0v) is 11.0. The first-order valence-corrected chi connectivity index (χ1v) is 4.71. The Hall–Kier alpha value is -0.730. The second kappa shape index (κ2) is 6.12. The minimum Gasteiger partial charge on any atom is -0.768 e. The van der Waals surface area contributed by atoms with Crippen molar-refractivity contribution in [3.8, 4) is 0 Å². The number of hydrogen-bond donors (Lipinski definition) is 2. The van der Waals surface area contributed by atoms with Crippen LogP contribution in [0.15, 0.2) is 23.1 Å². The molecule has 0 aliphatic heterocycles. The molecule has 2 N–H and O–H groups in total. The van der Waals surface area contributed by atoms with Crippen molar-refractivity contribution in [3.05, 3.63) is 29.3 Å². The molecule has 0 saturated heterocycles. The molecule has 0 saturated carbocycles. The predicted octanol–water partition coefficient (Wildman–Crippen LogP) is -2.67. The van der Waals surface area contributed by atoms with Gasteiger partial charge in [-0.3, -0.25) is 4.21 Å². The van der Waals surface area contributed by atoms with Gasteiger partial charge in [-0.05, 0) is 23.2 Å². The number of rotatable bonds is 3. The van der Waals surface area contributed by atoms with Crippen LogP contribution in [0.25, 0.3) is 0 Å². The zero-order valence-electron chi connectivity index (χ0n) is 8.17. The smallest absolute Gasteiger partial charge is 0.768 e. The van der Waals surface area contributed by atoms with E-state index in [1.165, 1.54) is 6.07 Å². The Labute approximate surface area is 115 Å². The molecule has 0 spiro atoms. The van der Waals surface area contributed by atoms with Crippen molar-refractivity contribution < 1.29 is 58.1 Å². The molecule has 0 aliphatic carbocycles. The zero-order chi connectivity index (χ0) is 11.6. The van der Waals surface area contributed by atoms with E-state index < -0.39 is 39.0 Å². The maximum Gasteiger partial charge on any atom is 1.00 e. The summed E-state index contributed by atoms with van der Waals surface area (Å²) in [6.45, 7) is 0. The molecule has 6 nitrogen and oxygen atoms in total. The molecular formula is C8H5NaO6S. The van der Waals surface area contributed by atoms with E-state index in [9.17, 15) is 18.4 Å². The number of carboxylic acids is 2. The maximum absolute atomic E-state index is 10.7. The fourth-order valence-corrected chi connectivity index (χ4v) is 1.72. The van der Waals surface area contributed by atoms with Crippen LogP contribution in [0.3, 0.4) is 0 Å². The molecule has 0 aliphatic rings. The normalized spacial score (nSPS) is 11.3. The van der Waals surface area contributed by atoms with E-state index in [0.29, 0.717) is 0 Å². The van der Waals surface area contributed by atoms with Crippen molar-refractivity contribution in [1.82, 2.24) is 0 Å². The van der Waals surface area contributed by atoms with Crippen LogP contribution in [0.1, 0.15) is 20.7 Å². The third kappa shape index (κ3) is 3.13. The second-order valence-corrected chi connectivity index (χ2v) is 3.40. The van der Waals surface area contributed by atoms with Gasteiger partial charge in [0.25, 0.3) is 0 Å². The van der Waals surface area contributed by atoms with Crippen molar-refractivity contribution in [2.75, 3.05) is 0 Å². The van der Waals surface area contributed by atoms with Crippen molar-refractivity contribution in [1.29, 1.82) is 0 Å². The number of hydrogen-bond acceptors (Lipinski definition) is 4. The van der Waals surface area contributed by atoms with Crippen molar-refractivity contribution >= 4 is 23.0 Å². The standard InChI is InChI=1S/C8H6O6S.Na/c9-7(10)4-2-1-3-5(8(11)12)6(4)15(13)14;/h1-3H,(H,9,10)(H,11,12)(H,13,14);/q;+1/p-1. The van der Waals surface area contributed by atoms with Gasteiger partial charge in [0.1, 0.15) is 0 Å². The van der Waals surface area contributed by atoms with E-state index in [4.69, 9.17) is 10.2 Å². The molecule has 1 atom stereocenters. The minimum atomic E-state index is -2.90. The van der Waals surface area contributed by atoms with E-state index in [2.05, 4.69) is 0 Å². The van der Waals surface area contributed by atoms with Gasteiger partial charge in [0, 0.05) is 0 Å². The van der Waals surface area contributed by atoms with Crippen LogP contribution in [0.5, 0.6) is 0 Å². The van der Waals surface area contributed by atoms with Gasteiger partial charge in [-0.1, -0.05) is 6.07 Å². The quantitative estimate of drug-likeness (QED) is 0.447. The van der Waals surface area contributed by atoms with Gasteiger partial charge in [-0.25, -0.2) is 9.59 Å². The Morgan fingerprint density at radius 2 is 1.50 bits per heavy atom. The van der Waals surface area contributed by atoms with Crippen molar-refractivity contribution in [2.45, 2.75) is 4.90 Å². The molecule has 1 aromatic carbocycles. The van der Waals surface area contributed by atoms with Crippen LogP contribution >= 0.6 is 0 Å². The van der Waals surface area contributed by atoms with Crippen LogP contribution in [-0.2, 0) is 11.1 Å². The topological polar surface area (TPSA) is 115 Å². The van der Waals surface area contributed by atoms with Gasteiger partial charge in [-0.15, -0.1) is 0 Å². The molecule has 0 radical (unpaired) electrons. The number of benzene rings is 1. The Morgan fingerprint density at radius 1 is 1.12 bits per heavy atom. The van der Waals surface area contributed by atoms with Gasteiger partial charge < -0.3 is 14.8 Å². The van der Waals surface area contributed by atoms with Crippen LogP contribution in [0.2, 0.25) is 0 Å². The molecule has 0 aromatic heterocycles. The summed E-state index contributed by atoms with van der Waals surface area (Å²) in [6.07, 6.45) is 0. The number of carboxylic acid groups (broad SMARTS) is 2. The Balaban J connectivity index is 0.00000225. The van der Waals surface area contributed by atoms with Gasteiger partial charge in [0.15, 0.2) is 0 Å². The summed E-state index contributed by atoms with van der Waals surface area (Å²) in [6, 6.07) is 3.23. The summed E-state index contributed by atoms with van der Waals surface area (Å²) in [5.74, 6) is -2.98. The first-order valence-electron chi connectivity index (χ1n) is 3.64. The average Bonchev–Trinajstić information content (AvgIpc) is 2.16. The molecule has 1 rings (SSSR count). The van der Waals surface area contributed by atoms with E-state index >= 15 is 0 Å². The third-order valence-electron chi connectivity index (χ3n) is 1.64. The van der Waals surface area contributed by atoms with Crippen LogP contribution < -0.4 is 29.6 Å². The minimum absolute atomic E-state index is 0. The van der Waals surface area contributed by atoms with Crippen LogP contribution in [-0.4, -0.2) is 30.9 Å². The van der Waals surface area contributed by atoms with E-state index in [1.807, 2.05) is 0 Å². The SMILES string of the molecule is O=C(O)c1cccc(C(=O)O)c1S(=O)[O-].[Na+]. The van der Waals surface area contributed by atoms with Crippen molar-refractivity contribution in [2.24, 2.45) is 0 Å². The summed E-state index contributed by atoms with van der Waals surface area (Å²) in [5.41, 5.74) is -1.11. The molecule has 80 valence electrons. The van der Waals surface area contributed by atoms with Gasteiger partial charge in [-0.2, -0.15) is 0 Å². The maximum atomic E-state index is 10.7. The largest absolute Gasteiger partial charge is 1.00 e. The molecule has 1 aromatic rings. The second-order valence-electron chi connectivity index (χ2n) is 2.53. The van der Waals surface area contributed by atoms with E-state index in [-0.39, 0.29) is 29.6 Å².